The van der Waals surface area contributed by atoms with E-state index in [1.54, 1.807) is 6.07 Å². The molecule has 1 atom stereocenters. The molecule has 1 fully saturated rings. The molecule has 5 nitrogen and oxygen atoms in total. The fraction of sp³-hybridized carbons (Fsp3) is 0.368. The van der Waals surface area contributed by atoms with Gasteiger partial charge in [-0.2, -0.15) is 0 Å². The lowest BCUT2D eigenvalue weighted by Gasteiger charge is -2.35. The molecule has 1 amide bonds. The number of hydrogen-bond donors (Lipinski definition) is 1. The summed E-state index contributed by atoms with van der Waals surface area (Å²) in [6.45, 7) is 2.44. The summed E-state index contributed by atoms with van der Waals surface area (Å²) in [6.07, 6.45) is 4.98. The molecule has 0 saturated carbocycles. The smallest absolute Gasteiger partial charge is 0.295 e. The highest BCUT2D eigenvalue weighted by Crippen LogP contribution is 2.24. The zero-order valence-corrected chi connectivity index (χ0v) is 13.6. The van der Waals surface area contributed by atoms with Crippen LogP contribution in [0.1, 0.15) is 41.4 Å². The number of ketones is 1. The predicted molar refractivity (Wildman–Crippen MR) is 90.7 cm³/mol. The average Bonchev–Trinajstić information content (AvgIpc) is 3.17. The normalized spacial score (nSPS) is 16.5. The number of rotatable bonds is 6. The third kappa shape index (κ3) is 3.92. The maximum atomic E-state index is 12.1. The molecule has 3 rings (SSSR count). The number of amides is 1. The van der Waals surface area contributed by atoms with Crippen molar-refractivity contribution in [2.24, 2.45) is 0 Å². The van der Waals surface area contributed by atoms with Gasteiger partial charge in [0, 0.05) is 6.54 Å². The number of nitrogens with zero attached hydrogens (tertiary/aromatic N) is 1. The van der Waals surface area contributed by atoms with Gasteiger partial charge in [-0.25, -0.2) is 0 Å². The minimum absolute atomic E-state index is 0.0710. The molecule has 1 N–H and O–H groups in total. The molecule has 2 heterocycles. The maximum Gasteiger partial charge on any atom is 0.295 e. The first kappa shape index (κ1) is 16.5. The second-order valence-electron chi connectivity index (χ2n) is 6.04. The lowest BCUT2D eigenvalue weighted by molar-refractivity contribution is -0.117. The molecule has 1 unspecified atom stereocenters. The van der Waals surface area contributed by atoms with Gasteiger partial charge in [-0.15, -0.1) is 0 Å². The van der Waals surface area contributed by atoms with E-state index in [0.717, 1.165) is 18.7 Å². The molecule has 1 aliphatic heterocycles. The average molecular weight is 326 g/mol. The molecule has 2 aromatic rings. The van der Waals surface area contributed by atoms with Gasteiger partial charge in [0.15, 0.2) is 5.76 Å². The Morgan fingerprint density at radius 2 is 1.79 bits per heavy atom. The summed E-state index contributed by atoms with van der Waals surface area (Å²) in [7, 11) is 0. The van der Waals surface area contributed by atoms with E-state index in [2.05, 4.69) is 22.3 Å². The van der Waals surface area contributed by atoms with Gasteiger partial charge in [0.2, 0.25) is 0 Å². The van der Waals surface area contributed by atoms with Crippen LogP contribution in [-0.2, 0) is 4.79 Å². The summed E-state index contributed by atoms with van der Waals surface area (Å²) >= 11 is 0. The van der Waals surface area contributed by atoms with Crippen molar-refractivity contribution in [3.63, 3.8) is 0 Å². The third-order valence-corrected chi connectivity index (χ3v) is 4.42. The summed E-state index contributed by atoms with van der Waals surface area (Å²) in [5, 5.41) is 2.78. The zero-order valence-electron chi connectivity index (χ0n) is 13.6. The summed E-state index contributed by atoms with van der Waals surface area (Å²) in [4.78, 5) is 26.5. The van der Waals surface area contributed by atoms with E-state index in [0.29, 0.717) is 6.54 Å². The fourth-order valence-electron chi connectivity index (χ4n) is 3.15. The Hall–Kier alpha value is -2.40. The first-order chi connectivity index (χ1) is 11.8. The van der Waals surface area contributed by atoms with Crippen molar-refractivity contribution in [3.8, 4) is 0 Å². The molecule has 24 heavy (non-hydrogen) atoms. The number of nitrogens with one attached hydrogen (secondary N) is 1. The van der Waals surface area contributed by atoms with Crippen LogP contribution in [0.2, 0.25) is 0 Å². The number of hydrogen-bond acceptors (Lipinski definition) is 4. The molecule has 0 spiro atoms. The largest absolute Gasteiger partial charge is 0.461 e. The molecule has 126 valence electrons. The third-order valence-electron chi connectivity index (χ3n) is 4.42. The summed E-state index contributed by atoms with van der Waals surface area (Å²) in [6, 6.07) is 13.3. The summed E-state index contributed by atoms with van der Waals surface area (Å²) in [5.41, 5.74) is 1.16. The van der Waals surface area contributed by atoms with Crippen molar-refractivity contribution in [2.45, 2.75) is 25.3 Å². The Kier molecular flexibility index (Phi) is 5.43. The lowest BCUT2D eigenvalue weighted by Crippen LogP contribution is -2.42. The molecular weight excluding hydrogens is 304 g/mol. The van der Waals surface area contributed by atoms with E-state index in [4.69, 9.17) is 4.42 Å². The van der Waals surface area contributed by atoms with Crippen LogP contribution in [0.3, 0.4) is 0 Å². The molecule has 1 saturated heterocycles. The van der Waals surface area contributed by atoms with Gasteiger partial charge in [-0.1, -0.05) is 36.8 Å². The minimum atomic E-state index is -0.634. The summed E-state index contributed by atoms with van der Waals surface area (Å²) in [5.74, 6) is -1.19. The first-order valence-corrected chi connectivity index (χ1v) is 8.41. The van der Waals surface area contributed by atoms with Gasteiger partial charge in [0.25, 0.3) is 11.7 Å². The number of furan rings is 1. The van der Waals surface area contributed by atoms with Crippen molar-refractivity contribution in [3.05, 3.63) is 60.1 Å². The van der Waals surface area contributed by atoms with Gasteiger partial charge < -0.3 is 9.73 Å². The second-order valence-corrected chi connectivity index (χ2v) is 6.04. The van der Waals surface area contributed by atoms with Crippen molar-refractivity contribution in [1.29, 1.82) is 0 Å². The lowest BCUT2D eigenvalue weighted by atomic mass is 10.0. The Balaban J connectivity index is 1.67. The van der Waals surface area contributed by atoms with Crippen LogP contribution in [0, 0.1) is 0 Å². The van der Waals surface area contributed by atoms with Crippen LogP contribution in [0.15, 0.2) is 53.1 Å². The molecule has 0 aliphatic carbocycles. The van der Waals surface area contributed by atoms with E-state index in [-0.39, 0.29) is 11.8 Å². The topological polar surface area (TPSA) is 62.6 Å². The van der Waals surface area contributed by atoms with E-state index in [1.807, 2.05) is 18.2 Å². The van der Waals surface area contributed by atoms with Gasteiger partial charge in [0.05, 0.1) is 12.3 Å². The maximum absolute atomic E-state index is 12.1. The van der Waals surface area contributed by atoms with E-state index in [1.165, 1.54) is 31.6 Å². The molecule has 1 aliphatic rings. The van der Waals surface area contributed by atoms with Gasteiger partial charge >= 0.3 is 0 Å². The molecular formula is C19H22N2O3. The number of carbonyl (C=O) groups excluding carboxylic acids is 2. The van der Waals surface area contributed by atoms with Crippen LogP contribution in [0.25, 0.3) is 0 Å². The molecule has 1 aromatic carbocycles. The first-order valence-electron chi connectivity index (χ1n) is 8.41. The Bertz CT molecular complexity index is 661. The molecule has 0 radical (unpaired) electrons. The standard InChI is InChI=1S/C19H22N2O3/c22-18(17-10-7-13-24-17)19(23)20-14-16(15-8-3-1-4-9-15)21-11-5-2-6-12-21/h1,3-4,7-10,13,16H,2,5-6,11-12,14H2,(H,20,23). The Morgan fingerprint density at radius 3 is 2.46 bits per heavy atom. The van der Waals surface area contributed by atoms with E-state index in [9.17, 15) is 9.59 Å². The van der Waals surface area contributed by atoms with E-state index < -0.39 is 11.7 Å². The second kappa shape index (κ2) is 7.93. The summed E-state index contributed by atoms with van der Waals surface area (Å²) < 4.78 is 5.00. The predicted octanol–water partition coefficient (Wildman–Crippen LogP) is 2.81. The number of carbonyl (C=O) groups is 2. The van der Waals surface area contributed by atoms with E-state index >= 15 is 0 Å². The number of likely N-dealkylation sites (tertiary alicyclic amines) is 1. The highest BCUT2D eigenvalue weighted by atomic mass is 16.3. The fourth-order valence-corrected chi connectivity index (χ4v) is 3.15. The number of benzene rings is 1. The Morgan fingerprint density at radius 1 is 1.04 bits per heavy atom. The number of Topliss-reactive ketones (excluding diaryl/α,β-unsaturated/α-hetero) is 1. The van der Waals surface area contributed by atoms with Gasteiger partial charge in [0.1, 0.15) is 0 Å². The van der Waals surface area contributed by atoms with Crippen LogP contribution in [0.4, 0.5) is 0 Å². The van der Waals surface area contributed by atoms with Crippen LogP contribution >= 0.6 is 0 Å². The SMILES string of the molecule is O=C(NCC(c1ccccc1)N1CCCCC1)C(=O)c1ccco1. The van der Waals surface area contributed by atoms with Crippen LogP contribution in [-0.4, -0.2) is 36.2 Å². The zero-order chi connectivity index (χ0) is 16.8. The minimum Gasteiger partial charge on any atom is -0.461 e. The van der Waals surface area contributed by atoms with Gasteiger partial charge in [-0.05, 0) is 43.6 Å². The highest BCUT2D eigenvalue weighted by Gasteiger charge is 2.25. The van der Waals surface area contributed by atoms with Crippen molar-refractivity contribution in [1.82, 2.24) is 10.2 Å². The van der Waals surface area contributed by atoms with Crippen LogP contribution in [0.5, 0.6) is 0 Å². The quantitative estimate of drug-likeness (QED) is 0.655. The number of piperidine rings is 1. The highest BCUT2D eigenvalue weighted by molar-refractivity contribution is 6.42. The van der Waals surface area contributed by atoms with Crippen LogP contribution < -0.4 is 5.32 Å². The monoisotopic (exact) mass is 326 g/mol. The molecule has 1 aromatic heterocycles. The van der Waals surface area contributed by atoms with Crippen molar-refractivity contribution < 1.29 is 14.0 Å². The Labute approximate surface area is 141 Å². The molecule has 0 bridgehead atoms. The van der Waals surface area contributed by atoms with Gasteiger partial charge in [-0.3, -0.25) is 14.5 Å². The van der Waals surface area contributed by atoms with Crippen molar-refractivity contribution in [2.75, 3.05) is 19.6 Å². The molecule has 5 heteroatoms. The van der Waals surface area contributed by atoms with Crippen molar-refractivity contribution >= 4 is 11.7 Å².